The Bertz CT molecular complexity index is 911. The highest BCUT2D eigenvalue weighted by molar-refractivity contribution is 8.00. The summed E-state index contributed by atoms with van der Waals surface area (Å²) >= 11 is 2.79. The molecule has 11 nitrogen and oxygen atoms in total. The van der Waals surface area contributed by atoms with Gasteiger partial charge in [0.15, 0.2) is 0 Å². The third-order valence-electron chi connectivity index (χ3n) is 4.94. The number of nitrogens with two attached hydrogens (primary N) is 1. The van der Waals surface area contributed by atoms with Crippen molar-refractivity contribution in [3.05, 3.63) is 0 Å². The van der Waals surface area contributed by atoms with E-state index in [4.69, 9.17) is 15.2 Å². The van der Waals surface area contributed by atoms with Crippen LogP contribution < -0.4 is 5.73 Å². The monoisotopic (exact) mass is 500 g/mol. The first kappa shape index (κ1) is 25.8. The Balaban J connectivity index is 1.70. The summed E-state index contributed by atoms with van der Waals surface area (Å²) in [6.07, 6.45) is 0.116. The predicted octanol–water partition coefficient (Wildman–Crippen LogP) is 1.07. The lowest BCUT2D eigenvalue weighted by molar-refractivity contribution is -0.169. The largest absolute Gasteiger partial charge is 0.460 e. The molecular formula is C20H32N6O5S2. The van der Waals surface area contributed by atoms with Crippen LogP contribution in [0.3, 0.4) is 0 Å². The van der Waals surface area contributed by atoms with Gasteiger partial charge in [-0.05, 0) is 52.0 Å². The van der Waals surface area contributed by atoms with Gasteiger partial charge < -0.3 is 20.1 Å². The van der Waals surface area contributed by atoms with Gasteiger partial charge in [0.05, 0.1) is 13.0 Å². The van der Waals surface area contributed by atoms with Crippen molar-refractivity contribution in [3.8, 4) is 0 Å². The molecular weight excluding hydrogens is 468 g/mol. The Morgan fingerprint density at radius 1 is 1.21 bits per heavy atom. The molecule has 1 amide bonds. The average molecular weight is 501 g/mol. The number of hydrogen-bond donors (Lipinski definition) is 1. The quantitative estimate of drug-likeness (QED) is 0.326. The van der Waals surface area contributed by atoms with Gasteiger partial charge in [-0.15, -0.1) is 16.9 Å². The molecule has 184 valence electrons. The van der Waals surface area contributed by atoms with Crippen molar-refractivity contribution < 1.29 is 23.9 Å². The second-order valence-electron chi connectivity index (χ2n) is 10.3. The summed E-state index contributed by atoms with van der Waals surface area (Å²) in [5.74, 6) is -0.0901. The minimum Gasteiger partial charge on any atom is -0.460 e. The number of ether oxygens (including phenoxy) is 2. The molecule has 2 N–H and O–H groups in total. The van der Waals surface area contributed by atoms with Gasteiger partial charge in [0.1, 0.15) is 28.0 Å². The zero-order valence-electron chi connectivity index (χ0n) is 19.9. The van der Waals surface area contributed by atoms with E-state index in [9.17, 15) is 14.4 Å². The van der Waals surface area contributed by atoms with E-state index < -0.39 is 22.7 Å². The number of tetrazole rings is 1. The second kappa shape index (κ2) is 9.41. The summed E-state index contributed by atoms with van der Waals surface area (Å²) in [5.41, 5.74) is 3.74. The van der Waals surface area contributed by atoms with Crippen molar-refractivity contribution in [3.63, 3.8) is 0 Å². The van der Waals surface area contributed by atoms with Crippen molar-refractivity contribution in [2.45, 2.75) is 82.3 Å². The third kappa shape index (κ3) is 6.18. The van der Waals surface area contributed by atoms with Crippen molar-refractivity contribution in [2.24, 2.45) is 11.1 Å². The second-order valence-corrected chi connectivity index (χ2v) is 12.3. The number of aryl methyl sites for hydroxylation is 1. The molecule has 2 saturated heterocycles. The standard InChI is InChI=1S/C20H32N6O5S2/c1-18(2,3)30-12(27)7-8-26-17(22-23-24-26)33-11-20(16(29)31-19(4,5)6)9-25-14(28)13(21)15(25)32-10-20/h13,15H,7-11,21H2,1-6H3/t13?,15-,20?/m1/s1. The number of carbonyl (C=O) groups excluding carboxylic acids is 3. The van der Waals surface area contributed by atoms with E-state index in [1.165, 1.54) is 28.2 Å². The van der Waals surface area contributed by atoms with E-state index >= 15 is 0 Å². The molecule has 2 aliphatic rings. The lowest BCUT2D eigenvalue weighted by atomic mass is 9.89. The lowest BCUT2D eigenvalue weighted by Crippen LogP contribution is -2.72. The number of hydrogen-bond acceptors (Lipinski definition) is 11. The van der Waals surface area contributed by atoms with Crippen LogP contribution in [0, 0.1) is 5.41 Å². The number of fused-ring (bicyclic) bond motifs is 1. The van der Waals surface area contributed by atoms with E-state index in [0.717, 1.165) is 0 Å². The van der Waals surface area contributed by atoms with Gasteiger partial charge in [-0.1, -0.05) is 11.8 Å². The molecule has 0 aromatic carbocycles. The van der Waals surface area contributed by atoms with Gasteiger partial charge in [-0.2, -0.15) is 0 Å². The third-order valence-corrected chi connectivity index (χ3v) is 7.80. The number of carbonyl (C=O) groups is 3. The highest BCUT2D eigenvalue weighted by Crippen LogP contribution is 2.44. The van der Waals surface area contributed by atoms with Crippen molar-refractivity contribution in [2.75, 3.05) is 18.1 Å². The van der Waals surface area contributed by atoms with Crippen LogP contribution >= 0.6 is 23.5 Å². The molecule has 1 aromatic heterocycles. The molecule has 0 bridgehead atoms. The van der Waals surface area contributed by atoms with E-state index in [0.29, 0.717) is 16.7 Å². The smallest absolute Gasteiger partial charge is 0.316 e. The fourth-order valence-corrected chi connectivity index (χ4v) is 6.12. The predicted molar refractivity (Wildman–Crippen MR) is 123 cm³/mol. The number of thioether (sulfide) groups is 2. The normalized spacial score (nSPS) is 25.3. The molecule has 3 atom stereocenters. The van der Waals surface area contributed by atoms with Gasteiger partial charge >= 0.3 is 11.9 Å². The number of amides is 1. The first-order chi connectivity index (χ1) is 15.2. The minimum atomic E-state index is -0.934. The van der Waals surface area contributed by atoms with Crippen LogP contribution in [0.1, 0.15) is 48.0 Å². The van der Waals surface area contributed by atoms with Crippen LogP contribution in [0.15, 0.2) is 5.16 Å². The summed E-state index contributed by atoms with van der Waals surface area (Å²) in [5, 5.41) is 12.1. The van der Waals surface area contributed by atoms with Gasteiger partial charge in [0, 0.05) is 18.1 Å². The van der Waals surface area contributed by atoms with E-state index in [2.05, 4.69) is 15.5 Å². The fourth-order valence-electron chi connectivity index (χ4n) is 3.42. The first-order valence-corrected chi connectivity index (χ1v) is 12.8. The maximum absolute atomic E-state index is 13.3. The summed E-state index contributed by atoms with van der Waals surface area (Å²) in [6.45, 7) is 11.3. The topological polar surface area (TPSA) is 143 Å². The molecule has 1 aromatic rings. The molecule has 0 aliphatic carbocycles. The first-order valence-electron chi connectivity index (χ1n) is 10.7. The van der Waals surface area contributed by atoms with E-state index in [1.807, 2.05) is 41.5 Å². The van der Waals surface area contributed by atoms with E-state index in [1.54, 1.807) is 4.90 Å². The molecule has 3 heterocycles. The molecule has 0 spiro atoms. The molecule has 0 saturated carbocycles. The Kier molecular flexibility index (Phi) is 7.35. The summed E-state index contributed by atoms with van der Waals surface area (Å²) in [7, 11) is 0. The van der Waals surface area contributed by atoms with Crippen molar-refractivity contribution >= 4 is 41.4 Å². The lowest BCUT2D eigenvalue weighted by Gasteiger charge is -2.53. The van der Waals surface area contributed by atoms with Crippen LogP contribution in [0.2, 0.25) is 0 Å². The summed E-state index contributed by atoms with van der Waals surface area (Å²) < 4.78 is 12.6. The Hall–Kier alpha value is -1.86. The van der Waals surface area contributed by atoms with Crippen LogP contribution in [-0.2, 0) is 30.4 Å². The van der Waals surface area contributed by atoms with Crippen LogP contribution in [0.25, 0.3) is 0 Å². The molecule has 33 heavy (non-hydrogen) atoms. The maximum atomic E-state index is 13.3. The van der Waals surface area contributed by atoms with Crippen molar-refractivity contribution in [1.29, 1.82) is 0 Å². The highest BCUT2D eigenvalue weighted by atomic mass is 32.2. The molecule has 2 aliphatic heterocycles. The van der Waals surface area contributed by atoms with Gasteiger partial charge in [0.25, 0.3) is 0 Å². The molecule has 3 rings (SSSR count). The number of aromatic nitrogens is 4. The van der Waals surface area contributed by atoms with Crippen LogP contribution in [0.5, 0.6) is 0 Å². The van der Waals surface area contributed by atoms with Crippen LogP contribution in [0.4, 0.5) is 0 Å². The molecule has 13 heteroatoms. The number of nitrogens with zero attached hydrogens (tertiary/aromatic N) is 5. The maximum Gasteiger partial charge on any atom is 0.316 e. The molecule has 2 unspecified atom stereocenters. The summed E-state index contributed by atoms with van der Waals surface area (Å²) in [6, 6.07) is -0.528. The number of rotatable bonds is 7. The molecule has 2 fully saturated rings. The molecule has 0 radical (unpaired) electrons. The number of esters is 2. The van der Waals surface area contributed by atoms with Gasteiger partial charge in [-0.3, -0.25) is 14.4 Å². The minimum absolute atomic E-state index is 0.114. The van der Waals surface area contributed by atoms with Gasteiger partial charge in [0.2, 0.25) is 11.1 Å². The zero-order chi connectivity index (χ0) is 24.6. The average Bonchev–Trinajstić information content (AvgIpc) is 3.14. The van der Waals surface area contributed by atoms with Crippen LogP contribution in [-0.4, -0.2) is 83.6 Å². The summed E-state index contributed by atoms with van der Waals surface area (Å²) in [4.78, 5) is 39.2. The Morgan fingerprint density at radius 2 is 1.88 bits per heavy atom. The number of β-lactam (4-membered cyclic amide) rings is 1. The Morgan fingerprint density at radius 3 is 2.52 bits per heavy atom. The SMILES string of the molecule is CC(C)(C)OC(=O)CCn1nnnc1SCC1(C(=O)OC(C)(C)C)CS[C@@H]2C(N)C(=O)N2C1. The fraction of sp³-hybridized carbons (Fsp3) is 0.800. The zero-order valence-corrected chi connectivity index (χ0v) is 21.5. The Labute approximate surface area is 201 Å². The van der Waals surface area contributed by atoms with E-state index in [-0.39, 0.29) is 42.7 Å². The van der Waals surface area contributed by atoms with Gasteiger partial charge in [-0.25, -0.2) is 4.68 Å². The highest BCUT2D eigenvalue weighted by Gasteiger charge is 2.56. The van der Waals surface area contributed by atoms with Crippen molar-refractivity contribution in [1.82, 2.24) is 25.1 Å².